The summed E-state index contributed by atoms with van der Waals surface area (Å²) in [6, 6.07) is 0. The van der Waals surface area contributed by atoms with Crippen LogP contribution < -0.4 is 0 Å². The first-order valence-corrected chi connectivity index (χ1v) is 3.43. The van der Waals surface area contributed by atoms with E-state index in [1.54, 1.807) is 25.7 Å². The van der Waals surface area contributed by atoms with Gasteiger partial charge in [-0.1, -0.05) is 0 Å². The minimum atomic E-state index is 1.03. The maximum Gasteiger partial charge on any atom is -0.0235 e. The fraction of sp³-hybridized carbons (Fsp3) is 1.00. The van der Waals surface area contributed by atoms with Gasteiger partial charge in [-0.15, -0.1) is 0 Å². The van der Waals surface area contributed by atoms with Crippen molar-refractivity contribution in [1.82, 2.24) is 0 Å². The van der Waals surface area contributed by atoms with Crippen LogP contribution in [0.15, 0.2) is 0 Å². The van der Waals surface area contributed by atoms with E-state index >= 15 is 0 Å². The van der Waals surface area contributed by atoms with Crippen LogP contribution in [0.2, 0.25) is 0 Å². The standard InChI is InChI=1S/C7H10/c1-3-7-4-2-6(7)5(1)7/h5-6H,1-4H2. The first kappa shape index (κ1) is 3.11. The molecular formula is C7H10. The fourth-order valence-electron chi connectivity index (χ4n) is 2.93. The molecule has 38 valence electrons. The molecule has 0 radical (unpaired) electrons. The second-order valence-electron chi connectivity index (χ2n) is 3.52. The minimum Gasteiger partial charge on any atom is -0.0491 e. The van der Waals surface area contributed by atoms with Crippen molar-refractivity contribution in [2.75, 3.05) is 0 Å². The van der Waals surface area contributed by atoms with Crippen molar-refractivity contribution in [3.05, 3.63) is 0 Å². The van der Waals surface area contributed by atoms with E-state index in [0.29, 0.717) is 0 Å². The van der Waals surface area contributed by atoms with Crippen LogP contribution in [0.3, 0.4) is 0 Å². The van der Waals surface area contributed by atoms with Crippen LogP contribution >= 0.6 is 0 Å². The van der Waals surface area contributed by atoms with Gasteiger partial charge >= 0.3 is 0 Å². The fourth-order valence-corrected chi connectivity index (χ4v) is 2.93. The number of hydrogen-bond donors (Lipinski definition) is 0. The zero-order chi connectivity index (χ0) is 4.48. The predicted molar refractivity (Wildman–Crippen MR) is 27.9 cm³/mol. The first-order valence-electron chi connectivity index (χ1n) is 3.43. The third kappa shape index (κ3) is 0.142. The van der Waals surface area contributed by atoms with Crippen molar-refractivity contribution in [1.29, 1.82) is 0 Å². The third-order valence-electron chi connectivity index (χ3n) is 3.70. The highest BCUT2D eigenvalue weighted by molar-refractivity contribution is 5.23. The Morgan fingerprint density at radius 1 is 1.00 bits per heavy atom. The topological polar surface area (TPSA) is 0 Å². The second-order valence-corrected chi connectivity index (χ2v) is 3.52. The zero-order valence-corrected chi connectivity index (χ0v) is 4.48. The molecule has 3 rings (SSSR count). The Bertz CT molecular complexity index is 110. The number of rotatable bonds is 0. The Labute approximate surface area is 43.9 Å². The molecule has 0 bridgehead atoms. The van der Waals surface area contributed by atoms with Gasteiger partial charge in [-0.05, 0) is 42.9 Å². The van der Waals surface area contributed by atoms with Gasteiger partial charge in [0, 0.05) is 0 Å². The monoisotopic (exact) mass is 94.1 g/mol. The molecule has 0 aromatic heterocycles. The van der Waals surface area contributed by atoms with Gasteiger partial charge in [0.15, 0.2) is 0 Å². The summed E-state index contributed by atoms with van der Waals surface area (Å²) >= 11 is 0. The van der Waals surface area contributed by atoms with Gasteiger partial charge in [0.2, 0.25) is 0 Å². The quantitative estimate of drug-likeness (QED) is 0.429. The highest BCUT2D eigenvalue weighted by Crippen LogP contribution is 2.82. The lowest BCUT2D eigenvalue weighted by Gasteiger charge is -2.29. The molecule has 3 saturated carbocycles. The van der Waals surface area contributed by atoms with E-state index < -0.39 is 0 Å². The van der Waals surface area contributed by atoms with E-state index in [0.717, 1.165) is 5.41 Å². The summed E-state index contributed by atoms with van der Waals surface area (Å²) in [7, 11) is 0. The van der Waals surface area contributed by atoms with Crippen LogP contribution in [-0.4, -0.2) is 0 Å². The summed E-state index contributed by atoms with van der Waals surface area (Å²) in [6.07, 6.45) is 6.38. The van der Waals surface area contributed by atoms with Crippen LogP contribution in [-0.2, 0) is 0 Å². The Morgan fingerprint density at radius 3 is 1.57 bits per heavy atom. The van der Waals surface area contributed by atoms with Crippen LogP contribution in [0.1, 0.15) is 25.7 Å². The molecule has 0 nitrogen and oxygen atoms in total. The van der Waals surface area contributed by atoms with Crippen molar-refractivity contribution in [2.24, 2.45) is 17.3 Å². The molecule has 0 amide bonds. The van der Waals surface area contributed by atoms with E-state index in [1.165, 1.54) is 11.8 Å². The third-order valence-corrected chi connectivity index (χ3v) is 3.70. The molecule has 2 unspecified atom stereocenters. The summed E-state index contributed by atoms with van der Waals surface area (Å²) in [4.78, 5) is 0. The SMILES string of the molecule is C1CC23CCC2C13. The molecule has 2 atom stereocenters. The summed E-state index contributed by atoms with van der Waals surface area (Å²) in [5.74, 6) is 2.51. The van der Waals surface area contributed by atoms with Gasteiger partial charge in [-0.25, -0.2) is 0 Å². The van der Waals surface area contributed by atoms with Crippen LogP contribution in [0.4, 0.5) is 0 Å². The van der Waals surface area contributed by atoms with Gasteiger partial charge in [0.1, 0.15) is 0 Å². The smallest absolute Gasteiger partial charge is 0.0235 e. The molecule has 3 aliphatic carbocycles. The average Bonchev–Trinajstić information content (AvgIpc) is 1.75. The first-order chi connectivity index (χ1) is 3.43. The summed E-state index contributed by atoms with van der Waals surface area (Å²) in [5, 5.41) is 0. The predicted octanol–water partition coefficient (Wildman–Crippen LogP) is 1.81. The zero-order valence-electron chi connectivity index (χ0n) is 4.48. The van der Waals surface area contributed by atoms with Crippen molar-refractivity contribution in [2.45, 2.75) is 25.7 Å². The Morgan fingerprint density at radius 2 is 1.57 bits per heavy atom. The number of fused-ring (bicyclic) bond motifs is 1. The molecule has 0 N–H and O–H groups in total. The molecule has 0 heterocycles. The van der Waals surface area contributed by atoms with Gasteiger partial charge in [0.05, 0.1) is 0 Å². The molecule has 0 heteroatoms. The Hall–Kier alpha value is 0. The average molecular weight is 94.2 g/mol. The lowest BCUT2D eigenvalue weighted by molar-refractivity contribution is 0.215. The van der Waals surface area contributed by atoms with E-state index in [-0.39, 0.29) is 0 Å². The molecule has 3 fully saturated rings. The Balaban J connectivity index is 2.08. The normalized spacial score (nSPS) is 72.0. The maximum atomic E-state index is 1.60. The van der Waals surface area contributed by atoms with Gasteiger partial charge in [-0.2, -0.15) is 0 Å². The van der Waals surface area contributed by atoms with Crippen LogP contribution in [0.25, 0.3) is 0 Å². The largest absolute Gasteiger partial charge is 0.0491 e. The van der Waals surface area contributed by atoms with Gasteiger partial charge in [0.25, 0.3) is 0 Å². The van der Waals surface area contributed by atoms with Crippen LogP contribution in [0, 0.1) is 17.3 Å². The molecule has 1 spiro atoms. The second kappa shape index (κ2) is 0.586. The lowest BCUT2D eigenvalue weighted by Crippen LogP contribution is -2.18. The lowest BCUT2D eigenvalue weighted by atomic mass is 9.76. The molecule has 0 aromatic carbocycles. The van der Waals surface area contributed by atoms with E-state index in [1.807, 2.05) is 0 Å². The maximum absolute atomic E-state index is 1.60. The molecule has 0 aliphatic heterocycles. The van der Waals surface area contributed by atoms with Gasteiger partial charge in [-0.3, -0.25) is 0 Å². The highest BCUT2D eigenvalue weighted by Gasteiger charge is 2.74. The number of hydrogen-bond acceptors (Lipinski definition) is 0. The summed E-state index contributed by atoms with van der Waals surface area (Å²) in [5.41, 5.74) is 1.03. The molecule has 0 aromatic rings. The van der Waals surface area contributed by atoms with Gasteiger partial charge < -0.3 is 0 Å². The molecule has 3 aliphatic rings. The molecular weight excluding hydrogens is 84.1 g/mol. The van der Waals surface area contributed by atoms with E-state index in [9.17, 15) is 0 Å². The Kier molecular flexibility index (Phi) is 0.260. The van der Waals surface area contributed by atoms with Crippen LogP contribution in [0.5, 0.6) is 0 Å². The molecule has 7 heavy (non-hydrogen) atoms. The highest BCUT2D eigenvalue weighted by atomic mass is 14.8. The summed E-state index contributed by atoms with van der Waals surface area (Å²) < 4.78 is 0. The van der Waals surface area contributed by atoms with E-state index in [2.05, 4.69) is 0 Å². The summed E-state index contributed by atoms with van der Waals surface area (Å²) in [6.45, 7) is 0. The van der Waals surface area contributed by atoms with Crippen molar-refractivity contribution >= 4 is 0 Å². The van der Waals surface area contributed by atoms with E-state index in [4.69, 9.17) is 0 Å². The van der Waals surface area contributed by atoms with Crippen molar-refractivity contribution < 1.29 is 0 Å². The van der Waals surface area contributed by atoms with Crippen molar-refractivity contribution in [3.8, 4) is 0 Å². The molecule has 0 saturated heterocycles. The minimum absolute atomic E-state index is 1.03. The van der Waals surface area contributed by atoms with Crippen molar-refractivity contribution in [3.63, 3.8) is 0 Å².